The number of hydrogen-bond donors (Lipinski definition) is 1. The molecule has 0 bridgehead atoms. The van der Waals surface area contributed by atoms with Crippen molar-refractivity contribution in [2.45, 2.75) is 37.9 Å². The second-order valence-corrected chi connectivity index (χ2v) is 9.64. The minimum atomic E-state index is -0.326. The summed E-state index contributed by atoms with van der Waals surface area (Å²) in [5, 5.41) is 12.6. The maximum Gasteiger partial charge on any atom is 0.236 e. The van der Waals surface area contributed by atoms with Crippen molar-refractivity contribution in [3.8, 4) is 11.4 Å². The molecule has 1 aliphatic rings. The molecule has 0 atom stereocenters. The third kappa shape index (κ3) is 4.07. The van der Waals surface area contributed by atoms with Gasteiger partial charge in [-0.1, -0.05) is 41.3 Å². The number of aromatic nitrogens is 4. The first-order valence-corrected chi connectivity index (χ1v) is 11.8. The normalized spacial score (nSPS) is 13.6. The number of benzene rings is 2. The number of nitrogens with zero attached hydrogens (tertiary/aromatic N) is 4. The Morgan fingerprint density at radius 2 is 2.06 bits per heavy atom. The summed E-state index contributed by atoms with van der Waals surface area (Å²) >= 11 is 2.78. The summed E-state index contributed by atoms with van der Waals surface area (Å²) in [4.78, 5) is 17.1. The van der Waals surface area contributed by atoms with Gasteiger partial charge in [0.1, 0.15) is 5.82 Å². The van der Waals surface area contributed by atoms with Crippen LogP contribution in [0.25, 0.3) is 21.6 Å². The molecular weight excluding hydrogens is 433 g/mol. The van der Waals surface area contributed by atoms with E-state index in [1.807, 2.05) is 18.4 Å². The molecule has 31 heavy (non-hydrogen) atoms. The molecule has 9 heteroatoms. The average molecular weight is 454 g/mol. The van der Waals surface area contributed by atoms with E-state index in [-0.39, 0.29) is 23.5 Å². The Balaban J connectivity index is 1.32. The molecule has 1 saturated carbocycles. The highest BCUT2D eigenvalue weighted by atomic mass is 32.2. The summed E-state index contributed by atoms with van der Waals surface area (Å²) in [6.45, 7) is 4.07. The highest BCUT2D eigenvalue weighted by Gasteiger charge is 2.31. The molecule has 1 fully saturated rings. The number of hydrogen-bond acceptors (Lipinski definition) is 6. The Morgan fingerprint density at radius 3 is 2.84 bits per heavy atom. The monoisotopic (exact) mass is 453 g/mol. The average Bonchev–Trinajstić information content (AvgIpc) is 3.35. The van der Waals surface area contributed by atoms with Crippen LogP contribution in [-0.4, -0.2) is 31.4 Å². The van der Waals surface area contributed by atoms with Crippen LogP contribution in [0.4, 0.5) is 9.52 Å². The summed E-state index contributed by atoms with van der Waals surface area (Å²) in [6, 6.07) is 11.0. The molecule has 1 aliphatic carbocycles. The van der Waals surface area contributed by atoms with Crippen LogP contribution in [0, 0.1) is 19.7 Å². The van der Waals surface area contributed by atoms with Gasteiger partial charge in [0.2, 0.25) is 5.91 Å². The van der Waals surface area contributed by atoms with Crippen LogP contribution >= 0.6 is 23.1 Å². The molecule has 2 aromatic heterocycles. The van der Waals surface area contributed by atoms with E-state index in [2.05, 4.69) is 32.6 Å². The Hall–Kier alpha value is -2.78. The molecule has 0 spiro atoms. The van der Waals surface area contributed by atoms with E-state index >= 15 is 0 Å². The molecule has 4 aromatic rings. The maximum absolute atomic E-state index is 14.3. The van der Waals surface area contributed by atoms with E-state index in [0.717, 1.165) is 28.6 Å². The van der Waals surface area contributed by atoms with Gasteiger partial charge in [-0.3, -0.25) is 9.36 Å². The number of nitrogens with one attached hydrogen (secondary N) is 1. The molecule has 0 aliphatic heterocycles. The standard InChI is InChI=1S/C22H20FN5OS2/c1-12-9-13(2)19-17(10-12)31-21(25-19)24-18(29)11-30-22-27-26-20(28(22)14-7-8-14)15-5-3-4-6-16(15)23/h3-6,9-10,14H,7-8,11H2,1-2H3,(H,24,25,29). The molecule has 5 rings (SSSR count). The second-order valence-electron chi connectivity index (χ2n) is 7.67. The highest BCUT2D eigenvalue weighted by molar-refractivity contribution is 7.99. The van der Waals surface area contributed by atoms with Crippen LogP contribution in [0.5, 0.6) is 0 Å². The molecule has 0 unspecified atom stereocenters. The van der Waals surface area contributed by atoms with Crippen LogP contribution in [0.15, 0.2) is 41.6 Å². The van der Waals surface area contributed by atoms with Gasteiger partial charge in [-0.15, -0.1) is 10.2 Å². The van der Waals surface area contributed by atoms with E-state index < -0.39 is 0 Å². The minimum Gasteiger partial charge on any atom is -0.301 e. The number of rotatable bonds is 6. The summed E-state index contributed by atoms with van der Waals surface area (Å²) in [7, 11) is 0. The number of anilines is 1. The number of aryl methyl sites for hydroxylation is 2. The largest absolute Gasteiger partial charge is 0.301 e. The third-order valence-corrected chi connectivity index (χ3v) is 6.96. The zero-order chi connectivity index (χ0) is 21.5. The molecule has 158 valence electrons. The van der Waals surface area contributed by atoms with Crippen molar-refractivity contribution in [2.24, 2.45) is 0 Å². The van der Waals surface area contributed by atoms with Gasteiger partial charge >= 0.3 is 0 Å². The number of thioether (sulfide) groups is 1. The molecule has 0 saturated heterocycles. The van der Waals surface area contributed by atoms with Crippen LogP contribution < -0.4 is 5.32 Å². The Bertz CT molecular complexity index is 1290. The van der Waals surface area contributed by atoms with E-state index in [4.69, 9.17) is 0 Å². The van der Waals surface area contributed by atoms with Crippen LogP contribution in [0.2, 0.25) is 0 Å². The highest BCUT2D eigenvalue weighted by Crippen LogP contribution is 2.41. The fraction of sp³-hybridized carbons (Fsp3) is 0.273. The molecule has 2 heterocycles. The lowest BCUT2D eigenvalue weighted by atomic mass is 10.1. The molecule has 0 radical (unpaired) electrons. The van der Waals surface area contributed by atoms with Gasteiger partial charge in [0.15, 0.2) is 16.1 Å². The quantitative estimate of drug-likeness (QED) is 0.397. The fourth-order valence-corrected chi connectivity index (χ4v) is 5.44. The maximum atomic E-state index is 14.3. The Morgan fingerprint density at radius 1 is 1.26 bits per heavy atom. The Labute approximate surface area is 186 Å². The van der Waals surface area contributed by atoms with Gasteiger partial charge < -0.3 is 5.32 Å². The van der Waals surface area contributed by atoms with E-state index in [0.29, 0.717) is 21.7 Å². The lowest BCUT2D eigenvalue weighted by molar-refractivity contribution is -0.113. The number of halogens is 1. The van der Waals surface area contributed by atoms with Crippen molar-refractivity contribution in [1.29, 1.82) is 0 Å². The van der Waals surface area contributed by atoms with Gasteiger partial charge in [0, 0.05) is 6.04 Å². The van der Waals surface area contributed by atoms with E-state index in [9.17, 15) is 9.18 Å². The first kappa shape index (κ1) is 20.1. The first-order valence-electron chi connectivity index (χ1n) is 10.00. The predicted molar refractivity (Wildman–Crippen MR) is 122 cm³/mol. The summed E-state index contributed by atoms with van der Waals surface area (Å²) in [6.07, 6.45) is 2.01. The van der Waals surface area contributed by atoms with Crippen molar-refractivity contribution in [3.05, 3.63) is 53.3 Å². The SMILES string of the molecule is Cc1cc(C)c2nc(NC(=O)CSc3nnc(-c4ccccc4F)n3C3CC3)sc2c1. The zero-order valence-electron chi connectivity index (χ0n) is 17.1. The van der Waals surface area contributed by atoms with Crippen LogP contribution in [0.3, 0.4) is 0 Å². The topological polar surface area (TPSA) is 72.7 Å². The van der Waals surface area contributed by atoms with Crippen LogP contribution in [0.1, 0.15) is 30.0 Å². The third-order valence-electron chi connectivity index (χ3n) is 5.10. The number of fused-ring (bicyclic) bond motifs is 1. The lowest BCUT2D eigenvalue weighted by Crippen LogP contribution is -2.14. The van der Waals surface area contributed by atoms with Crippen molar-refractivity contribution in [1.82, 2.24) is 19.7 Å². The molecule has 2 aromatic carbocycles. The zero-order valence-corrected chi connectivity index (χ0v) is 18.7. The molecule has 1 N–H and O–H groups in total. The van der Waals surface area contributed by atoms with Gasteiger partial charge in [0.25, 0.3) is 0 Å². The van der Waals surface area contributed by atoms with Crippen molar-refractivity contribution >= 4 is 44.4 Å². The summed E-state index contributed by atoms with van der Waals surface area (Å²) < 4.78 is 17.3. The Kier molecular flexibility index (Phi) is 5.23. The second kappa shape index (κ2) is 8.05. The summed E-state index contributed by atoms with van der Waals surface area (Å²) in [5.41, 5.74) is 3.62. The first-order chi connectivity index (χ1) is 15.0. The van der Waals surface area contributed by atoms with E-state index in [1.165, 1.54) is 34.7 Å². The fourth-order valence-electron chi connectivity index (χ4n) is 3.57. The number of thiazole rings is 1. The van der Waals surface area contributed by atoms with Crippen LogP contribution in [-0.2, 0) is 4.79 Å². The lowest BCUT2D eigenvalue weighted by Gasteiger charge is -2.09. The number of carbonyl (C=O) groups is 1. The number of carbonyl (C=O) groups excluding carboxylic acids is 1. The van der Waals surface area contributed by atoms with Crippen molar-refractivity contribution in [3.63, 3.8) is 0 Å². The van der Waals surface area contributed by atoms with Gasteiger partial charge in [-0.05, 0) is 56.0 Å². The van der Waals surface area contributed by atoms with E-state index in [1.54, 1.807) is 18.2 Å². The van der Waals surface area contributed by atoms with Crippen molar-refractivity contribution in [2.75, 3.05) is 11.1 Å². The van der Waals surface area contributed by atoms with Gasteiger partial charge in [-0.2, -0.15) is 0 Å². The smallest absolute Gasteiger partial charge is 0.236 e. The van der Waals surface area contributed by atoms with Gasteiger partial charge in [0.05, 0.1) is 21.5 Å². The number of amides is 1. The minimum absolute atomic E-state index is 0.156. The molecular formula is C22H20FN5OS2. The molecule has 6 nitrogen and oxygen atoms in total. The molecule has 1 amide bonds. The van der Waals surface area contributed by atoms with Crippen molar-refractivity contribution < 1.29 is 9.18 Å². The predicted octanol–water partition coefficient (Wildman–Crippen LogP) is 5.38. The van der Waals surface area contributed by atoms with Gasteiger partial charge in [-0.25, -0.2) is 9.37 Å². The summed E-state index contributed by atoms with van der Waals surface area (Å²) in [5.74, 6) is 0.208.